The smallest absolute Gasteiger partial charge is 0.143 e. The number of rotatable bonds is 5. The molecule has 0 radical (unpaired) electrons. The molecule has 1 fully saturated rings. The first-order valence-corrected chi connectivity index (χ1v) is 6.82. The Hall–Kier alpha value is -1.16. The molecular weight excluding hydrogens is 228 g/mol. The third kappa shape index (κ3) is 2.99. The highest BCUT2D eigenvalue weighted by Gasteiger charge is 2.28. The number of Topliss-reactive ketones (excluding diaryl/α,β-unsaturated/α-hetero) is 1. The molecule has 4 heteroatoms. The number of aromatic nitrogens is 2. The van der Waals surface area contributed by atoms with Crippen LogP contribution in [-0.4, -0.2) is 28.5 Å². The van der Waals surface area contributed by atoms with Crippen molar-refractivity contribution in [2.75, 3.05) is 13.2 Å². The summed E-state index contributed by atoms with van der Waals surface area (Å²) in [6, 6.07) is 0. The maximum atomic E-state index is 12.3. The van der Waals surface area contributed by atoms with Crippen LogP contribution in [0.2, 0.25) is 0 Å². The highest BCUT2D eigenvalue weighted by atomic mass is 16.5. The van der Waals surface area contributed by atoms with Gasteiger partial charge in [0, 0.05) is 38.1 Å². The number of imidazole rings is 1. The second-order valence-electron chi connectivity index (χ2n) is 5.13. The largest absolute Gasteiger partial charge is 0.381 e. The highest BCUT2D eigenvalue weighted by molar-refractivity contribution is 5.83. The molecule has 1 aliphatic heterocycles. The first-order chi connectivity index (χ1) is 8.72. The van der Waals surface area contributed by atoms with Gasteiger partial charge in [0.1, 0.15) is 11.6 Å². The van der Waals surface area contributed by atoms with Crippen LogP contribution in [0.4, 0.5) is 0 Å². The number of carbonyl (C=O) groups excluding carboxylic acids is 1. The summed E-state index contributed by atoms with van der Waals surface area (Å²) in [7, 11) is 0. The van der Waals surface area contributed by atoms with Crippen molar-refractivity contribution in [2.45, 2.75) is 39.7 Å². The molecule has 1 saturated heterocycles. The van der Waals surface area contributed by atoms with Crippen molar-refractivity contribution in [2.24, 2.45) is 11.8 Å². The molecule has 18 heavy (non-hydrogen) atoms. The summed E-state index contributed by atoms with van der Waals surface area (Å²) in [5.74, 6) is 1.70. The van der Waals surface area contributed by atoms with E-state index < -0.39 is 0 Å². The van der Waals surface area contributed by atoms with Gasteiger partial charge in [-0.05, 0) is 18.8 Å². The summed E-state index contributed by atoms with van der Waals surface area (Å²) in [5, 5.41) is 0. The Kier molecular flexibility index (Phi) is 4.53. The zero-order chi connectivity index (χ0) is 13.0. The Morgan fingerprint density at radius 2 is 2.44 bits per heavy atom. The average Bonchev–Trinajstić information content (AvgIpc) is 2.78. The lowest BCUT2D eigenvalue weighted by Gasteiger charge is -2.27. The molecule has 0 aliphatic carbocycles. The van der Waals surface area contributed by atoms with E-state index in [1.807, 2.05) is 6.20 Å². The van der Waals surface area contributed by atoms with Gasteiger partial charge in [0.15, 0.2) is 0 Å². The lowest BCUT2D eigenvalue weighted by molar-refractivity contribution is -0.127. The first-order valence-electron chi connectivity index (χ1n) is 6.82. The van der Waals surface area contributed by atoms with Crippen LogP contribution in [0, 0.1) is 11.8 Å². The Balaban J connectivity index is 1.99. The van der Waals surface area contributed by atoms with Crippen LogP contribution in [0.25, 0.3) is 0 Å². The molecule has 0 bridgehead atoms. The van der Waals surface area contributed by atoms with Crippen molar-refractivity contribution >= 4 is 5.78 Å². The molecule has 1 aliphatic rings. The van der Waals surface area contributed by atoms with E-state index in [1.54, 1.807) is 6.20 Å². The maximum Gasteiger partial charge on any atom is 0.143 e. The van der Waals surface area contributed by atoms with E-state index in [-0.39, 0.29) is 5.92 Å². The fourth-order valence-electron chi connectivity index (χ4n) is 2.60. The Labute approximate surface area is 108 Å². The van der Waals surface area contributed by atoms with Crippen molar-refractivity contribution < 1.29 is 9.53 Å². The molecule has 1 aromatic heterocycles. The van der Waals surface area contributed by atoms with Gasteiger partial charge < -0.3 is 9.30 Å². The lowest BCUT2D eigenvalue weighted by atomic mass is 9.85. The highest BCUT2D eigenvalue weighted by Crippen LogP contribution is 2.23. The number of nitrogens with zero attached hydrogens (tertiary/aromatic N) is 2. The standard InChI is InChI=1S/C14H22N2O2/c1-3-6-16-7-5-15-14(16)9-13(17)12-4-8-18-10-11(12)2/h5,7,11-12H,3-4,6,8-10H2,1-2H3. The van der Waals surface area contributed by atoms with E-state index in [0.717, 1.165) is 25.2 Å². The predicted octanol–water partition coefficient (Wildman–Crippen LogP) is 2.08. The van der Waals surface area contributed by atoms with Crippen LogP contribution in [0.5, 0.6) is 0 Å². The molecule has 4 nitrogen and oxygen atoms in total. The number of carbonyl (C=O) groups is 1. The minimum absolute atomic E-state index is 0.144. The summed E-state index contributed by atoms with van der Waals surface area (Å²) >= 11 is 0. The topological polar surface area (TPSA) is 44.1 Å². The zero-order valence-corrected chi connectivity index (χ0v) is 11.3. The molecule has 2 heterocycles. The fourth-order valence-corrected chi connectivity index (χ4v) is 2.60. The number of aryl methyl sites for hydroxylation is 1. The average molecular weight is 250 g/mol. The first kappa shape index (κ1) is 13.3. The molecule has 100 valence electrons. The molecule has 0 aromatic carbocycles. The molecule has 0 spiro atoms. The van der Waals surface area contributed by atoms with Crippen molar-refractivity contribution in [3.05, 3.63) is 18.2 Å². The lowest BCUT2D eigenvalue weighted by Crippen LogP contribution is -2.32. The van der Waals surface area contributed by atoms with Gasteiger partial charge in [0.2, 0.25) is 0 Å². The number of hydrogen-bond donors (Lipinski definition) is 0. The van der Waals surface area contributed by atoms with Crippen LogP contribution in [0.15, 0.2) is 12.4 Å². The van der Waals surface area contributed by atoms with Crippen molar-refractivity contribution in [1.29, 1.82) is 0 Å². The van der Waals surface area contributed by atoms with Crippen molar-refractivity contribution in [1.82, 2.24) is 9.55 Å². The molecule has 2 rings (SSSR count). The summed E-state index contributed by atoms with van der Waals surface area (Å²) < 4.78 is 7.47. The summed E-state index contributed by atoms with van der Waals surface area (Å²) in [6.07, 6.45) is 6.12. The SMILES string of the molecule is CCCn1ccnc1CC(=O)C1CCOCC1C. The molecular formula is C14H22N2O2. The number of hydrogen-bond acceptors (Lipinski definition) is 3. The second-order valence-corrected chi connectivity index (χ2v) is 5.13. The minimum atomic E-state index is 0.144. The second kappa shape index (κ2) is 6.14. The Bertz CT molecular complexity index is 400. The fraction of sp³-hybridized carbons (Fsp3) is 0.714. The van der Waals surface area contributed by atoms with Gasteiger partial charge in [0.25, 0.3) is 0 Å². The molecule has 2 atom stereocenters. The third-order valence-electron chi connectivity index (χ3n) is 3.65. The zero-order valence-electron chi connectivity index (χ0n) is 11.3. The van der Waals surface area contributed by atoms with E-state index in [9.17, 15) is 4.79 Å². The van der Waals surface area contributed by atoms with E-state index in [1.165, 1.54) is 0 Å². The minimum Gasteiger partial charge on any atom is -0.381 e. The van der Waals surface area contributed by atoms with E-state index in [0.29, 0.717) is 31.3 Å². The van der Waals surface area contributed by atoms with Gasteiger partial charge in [-0.1, -0.05) is 13.8 Å². The van der Waals surface area contributed by atoms with E-state index >= 15 is 0 Å². The summed E-state index contributed by atoms with van der Waals surface area (Å²) in [4.78, 5) is 16.6. The monoisotopic (exact) mass is 250 g/mol. The van der Waals surface area contributed by atoms with Crippen molar-refractivity contribution in [3.8, 4) is 0 Å². The normalized spacial score (nSPS) is 24.1. The van der Waals surface area contributed by atoms with Gasteiger partial charge in [-0.15, -0.1) is 0 Å². The molecule has 0 saturated carbocycles. The quantitative estimate of drug-likeness (QED) is 0.803. The van der Waals surface area contributed by atoms with Crippen LogP contribution in [0.3, 0.4) is 0 Å². The summed E-state index contributed by atoms with van der Waals surface area (Å²) in [5.41, 5.74) is 0. The van der Waals surface area contributed by atoms with Crippen LogP contribution in [0.1, 0.15) is 32.5 Å². The van der Waals surface area contributed by atoms with Gasteiger partial charge in [-0.25, -0.2) is 4.98 Å². The molecule has 2 unspecified atom stereocenters. The molecule has 0 N–H and O–H groups in total. The van der Waals surface area contributed by atoms with Gasteiger partial charge in [-0.2, -0.15) is 0 Å². The van der Waals surface area contributed by atoms with E-state index in [4.69, 9.17) is 4.74 Å². The van der Waals surface area contributed by atoms with Gasteiger partial charge in [0.05, 0.1) is 6.42 Å². The van der Waals surface area contributed by atoms with Crippen LogP contribution in [-0.2, 0) is 22.5 Å². The van der Waals surface area contributed by atoms with Crippen LogP contribution >= 0.6 is 0 Å². The maximum absolute atomic E-state index is 12.3. The van der Waals surface area contributed by atoms with Gasteiger partial charge >= 0.3 is 0 Å². The molecule has 0 amide bonds. The molecule has 1 aromatic rings. The van der Waals surface area contributed by atoms with Crippen LogP contribution < -0.4 is 0 Å². The number of ether oxygens (including phenoxy) is 1. The third-order valence-corrected chi connectivity index (χ3v) is 3.65. The van der Waals surface area contributed by atoms with E-state index in [2.05, 4.69) is 23.4 Å². The van der Waals surface area contributed by atoms with Gasteiger partial charge in [-0.3, -0.25) is 4.79 Å². The summed E-state index contributed by atoms with van der Waals surface area (Å²) in [6.45, 7) is 6.59. The van der Waals surface area contributed by atoms with Crippen molar-refractivity contribution in [3.63, 3.8) is 0 Å². The number of ketones is 1. The Morgan fingerprint density at radius 1 is 1.61 bits per heavy atom. The predicted molar refractivity (Wildman–Crippen MR) is 69.3 cm³/mol. The Morgan fingerprint density at radius 3 is 3.17 bits per heavy atom.